The van der Waals surface area contributed by atoms with E-state index in [2.05, 4.69) is 26.1 Å². The molecule has 19 heavy (non-hydrogen) atoms. The van der Waals surface area contributed by atoms with Crippen molar-refractivity contribution in [3.05, 3.63) is 23.8 Å². The van der Waals surface area contributed by atoms with Crippen molar-refractivity contribution >= 4 is 17.3 Å². The number of benzene rings is 1. The first-order chi connectivity index (χ1) is 8.90. The second-order valence-electron chi connectivity index (χ2n) is 5.48. The second-order valence-corrected chi connectivity index (χ2v) is 5.48. The predicted molar refractivity (Wildman–Crippen MR) is 79.6 cm³/mol. The molecule has 1 aromatic carbocycles. The molecule has 4 nitrogen and oxygen atoms in total. The molecular weight excluding hydrogens is 240 g/mol. The van der Waals surface area contributed by atoms with Gasteiger partial charge in [0.25, 0.3) is 0 Å². The van der Waals surface area contributed by atoms with E-state index in [4.69, 9.17) is 10.8 Å². The van der Waals surface area contributed by atoms with Crippen LogP contribution >= 0.6 is 0 Å². The van der Waals surface area contributed by atoms with Crippen LogP contribution in [0.3, 0.4) is 0 Å². The van der Waals surface area contributed by atoms with Gasteiger partial charge in [0.1, 0.15) is 0 Å². The minimum atomic E-state index is -0.935. The van der Waals surface area contributed by atoms with Crippen molar-refractivity contribution in [3.8, 4) is 0 Å². The van der Waals surface area contributed by atoms with Gasteiger partial charge in [-0.3, -0.25) is 0 Å². The number of carboxylic acid groups (broad SMARTS) is 1. The maximum Gasteiger partial charge on any atom is 0.335 e. The van der Waals surface area contributed by atoms with E-state index in [0.29, 0.717) is 17.3 Å². The summed E-state index contributed by atoms with van der Waals surface area (Å²) in [5.41, 5.74) is 7.40. The Bertz CT molecular complexity index is 430. The lowest BCUT2D eigenvalue weighted by Crippen LogP contribution is -2.16. The van der Waals surface area contributed by atoms with Crippen LogP contribution in [0.15, 0.2) is 18.2 Å². The van der Waals surface area contributed by atoms with E-state index < -0.39 is 5.97 Å². The van der Waals surface area contributed by atoms with Crippen LogP contribution in [0, 0.1) is 5.92 Å². The van der Waals surface area contributed by atoms with Crippen LogP contribution in [0.5, 0.6) is 0 Å². The van der Waals surface area contributed by atoms with Gasteiger partial charge in [0.15, 0.2) is 0 Å². The van der Waals surface area contributed by atoms with Crippen LogP contribution in [0.1, 0.15) is 50.4 Å². The summed E-state index contributed by atoms with van der Waals surface area (Å²) >= 11 is 0. The number of rotatable bonds is 7. The molecular formula is C15H24N2O2. The number of anilines is 2. The van der Waals surface area contributed by atoms with Crippen molar-refractivity contribution in [2.24, 2.45) is 5.92 Å². The summed E-state index contributed by atoms with van der Waals surface area (Å²) in [5.74, 6) is -0.219. The number of hydrogen-bond acceptors (Lipinski definition) is 3. The van der Waals surface area contributed by atoms with Gasteiger partial charge in [-0.1, -0.05) is 26.7 Å². The Labute approximate surface area is 115 Å². The molecule has 4 heteroatoms. The summed E-state index contributed by atoms with van der Waals surface area (Å²) in [6.45, 7) is 6.52. The third-order valence-electron chi connectivity index (χ3n) is 3.12. The average molecular weight is 264 g/mol. The molecule has 0 aliphatic rings. The highest BCUT2D eigenvalue weighted by atomic mass is 16.4. The van der Waals surface area contributed by atoms with Gasteiger partial charge in [0.05, 0.1) is 16.9 Å². The van der Waals surface area contributed by atoms with E-state index in [9.17, 15) is 4.79 Å². The zero-order valence-corrected chi connectivity index (χ0v) is 11.9. The van der Waals surface area contributed by atoms with Crippen molar-refractivity contribution < 1.29 is 9.90 Å². The van der Waals surface area contributed by atoms with Crippen LogP contribution < -0.4 is 11.1 Å². The lowest BCUT2D eigenvalue weighted by Gasteiger charge is -2.17. The van der Waals surface area contributed by atoms with Crippen molar-refractivity contribution in [2.75, 3.05) is 11.1 Å². The highest BCUT2D eigenvalue weighted by Crippen LogP contribution is 2.22. The fourth-order valence-corrected chi connectivity index (χ4v) is 1.98. The number of aromatic carboxylic acids is 1. The first-order valence-electron chi connectivity index (χ1n) is 6.79. The van der Waals surface area contributed by atoms with E-state index in [1.807, 2.05) is 0 Å². The molecule has 0 saturated heterocycles. The third kappa shape index (κ3) is 5.20. The normalized spacial score (nSPS) is 12.4. The molecule has 0 saturated carbocycles. The maximum atomic E-state index is 10.9. The fraction of sp³-hybridized carbons (Fsp3) is 0.533. The number of nitrogens with two attached hydrogens (primary N) is 1. The quantitative estimate of drug-likeness (QED) is 0.658. The molecule has 1 atom stereocenters. The lowest BCUT2D eigenvalue weighted by atomic mass is 10.0. The Morgan fingerprint density at radius 3 is 2.58 bits per heavy atom. The zero-order chi connectivity index (χ0) is 14.4. The third-order valence-corrected chi connectivity index (χ3v) is 3.12. The summed E-state index contributed by atoms with van der Waals surface area (Å²) in [6.07, 6.45) is 3.41. The highest BCUT2D eigenvalue weighted by Gasteiger charge is 2.09. The first kappa shape index (κ1) is 15.3. The second kappa shape index (κ2) is 7.02. The molecule has 0 aliphatic heterocycles. The van der Waals surface area contributed by atoms with Crippen LogP contribution in [0.2, 0.25) is 0 Å². The van der Waals surface area contributed by atoms with E-state index in [1.165, 1.54) is 12.5 Å². The van der Waals surface area contributed by atoms with Crippen molar-refractivity contribution in [2.45, 2.75) is 46.1 Å². The molecule has 0 radical (unpaired) electrons. The Morgan fingerprint density at radius 2 is 2.00 bits per heavy atom. The Morgan fingerprint density at radius 1 is 1.32 bits per heavy atom. The molecule has 1 unspecified atom stereocenters. The molecule has 0 bridgehead atoms. The van der Waals surface area contributed by atoms with Crippen molar-refractivity contribution in [1.82, 2.24) is 0 Å². The van der Waals surface area contributed by atoms with Gasteiger partial charge in [-0.2, -0.15) is 0 Å². The highest BCUT2D eigenvalue weighted by molar-refractivity contribution is 5.90. The van der Waals surface area contributed by atoms with Gasteiger partial charge in [0, 0.05) is 6.04 Å². The van der Waals surface area contributed by atoms with E-state index >= 15 is 0 Å². The summed E-state index contributed by atoms with van der Waals surface area (Å²) in [4.78, 5) is 10.9. The lowest BCUT2D eigenvalue weighted by molar-refractivity contribution is 0.0697. The Kier molecular flexibility index (Phi) is 5.67. The summed E-state index contributed by atoms with van der Waals surface area (Å²) in [5, 5.41) is 12.3. The van der Waals surface area contributed by atoms with E-state index in [-0.39, 0.29) is 11.6 Å². The first-order valence-corrected chi connectivity index (χ1v) is 6.79. The molecule has 4 N–H and O–H groups in total. The van der Waals surface area contributed by atoms with Gasteiger partial charge < -0.3 is 16.2 Å². The van der Waals surface area contributed by atoms with Crippen LogP contribution in [-0.4, -0.2) is 17.1 Å². The number of nitrogens with one attached hydrogen (secondary N) is 1. The number of carbonyl (C=O) groups is 1. The number of nitrogen functional groups attached to an aromatic ring is 1. The average Bonchev–Trinajstić information content (AvgIpc) is 2.31. The smallest absolute Gasteiger partial charge is 0.335 e. The fourth-order valence-electron chi connectivity index (χ4n) is 1.98. The molecule has 0 aromatic heterocycles. The van der Waals surface area contributed by atoms with Crippen molar-refractivity contribution in [1.29, 1.82) is 0 Å². The minimum absolute atomic E-state index is 0.256. The largest absolute Gasteiger partial charge is 0.478 e. The molecule has 1 rings (SSSR count). The minimum Gasteiger partial charge on any atom is -0.478 e. The number of hydrogen-bond donors (Lipinski definition) is 3. The molecule has 0 spiro atoms. The summed E-state index contributed by atoms with van der Waals surface area (Å²) in [7, 11) is 0. The SMILES string of the molecule is CC(C)CCCC(C)Nc1cc(C(=O)O)ccc1N. The van der Waals surface area contributed by atoms with Crippen molar-refractivity contribution in [3.63, 3.8) is 0 Å². The monoisotopic (exact) mass is 264 g/mol. The molecule has 0 fully saturated rings. The summed E-state index contributed by atoms with van der Waals surface area (Å²) < 4.78 is 0. The van der Waals surface area contributed by atoms with Gasteiger partial charge in [-0.15, -0.1) is 0 Å². The predicted octanol–water partition coefficient (Wildman–Crippen LogP) is 3.59. The zero-order valence-electron chi connectivity index (χ0n) is 11.9. The van der Waals surface area contributed by atoms with Crippen LogP contribution in [0.4, 0.5) is 11.4 Å². The van der Waals surface area contributed by atoms with E-state index in [1.54, 1.807) is 12.1 Å². The van der Waals surface area contributed by atoms with Gasteiger partial charge in [-0.05, 0) is 37.5 Å². The molecule has 0 aliphatic carbocycles. The summed E-state index contributed by atoms with van der Waals surface area (Å²) in [6, 6.07) is 5.03. The van der Waals surface area contributed by atoms with Gasteiger partial charge in [0.2, 0.25) is 0 Å². The molecule has 1 aromatic rings. The molecule has 106 valence electrons. The maximum absolute atomic E-state index is 10.9. The van der Waals surface area contributed by atoms with Crippen LogP contribution in [0.25, 0.3) is 0 Å². The molecule has 0 amide bonds. The topological polar surface area (TPSA) is 75.3 Å². The van der Waals surface area contributed by atoms with Crippen LogP contribution in [-0.2, 0) is 0 Å². The molecule has 0 heterocycles. The standard InChI is InChI=1S/C15H24N2O2/c1-10(2)5-4-6-11(3)17-14-9-12(15(18)19)7-8-13(14)16/h7-11,17H,4-6,16H2,1-3H3,(H,18,19). The Hall–Kier alpha value is -1.71. The Balaban J connectivity index is 2.60. The van der Waals surface area contributed by atoms with Gasteiger partial charge in [-0.25, -0.2) is 4.79 Å². The number of carboxylic acids is 1. The van der Waals surface area contributed by atoms with E-state index in [0.717, 1.165) is 12.8 Å². The van der Waals surface area contributed by atoms with Gasteiger partial charge >= 0.3 is 5.97 Å².